The Hall–Kier alpha value is -2.49. The first kappa shape index (κ1) is 19.8. The van der Waals surface area contributed by atoms with Crippen molar-refractivity contribution in [1.82, 2.24) is 19.4 Å². The van der Waals surface area contributed by atoms with Crippen LogP contribution in [0.2, 0.25) is 0 Å². The van der Waals surface area contributed by atoms with Gasteiger partial charge in [-0.25, -0.2) is 8.42 Å². The van der Waals surface area contributed by atoms with Crippen molar-refractivity contribution in [3.8, 4) is 11.7 Å². The lowest BCUT2D eigenvalue weighted by atomic mass is 10.0. The molecular weight excluding hydrogens is 392 g/mol. The second-order valence-corrected chi connectivity index (χ2v) is 9.32. The molecule has 1 aliphatic rings. The molecule has 3 heterocycles. The largest absolute Gasteiger partial charge is 0.459 e. The maximum atomic E-state index is 12.9. The van der Waals surface area contributed by atoms with Crippen LogP contribution >= 0.6 is 0 Å². The number of hydrogen-bond donors (Lipinski definition) is 0. The topological polar surface area (TPSA) is 92.7 Å². The summed E-state index contributed by atoms with van der Waals surface area (Å²) in [5, 5.41) is 8.05. The molecule has 0 spiro atoms. The third-order valence-electron chi connectivity index (χ3n) is 5.07. The molecule has 9 heteroatoms. The van der Waals surface area contributed by atoms with Gasteiger partial charge in [0.2, 0.25) is 15.9 Å². The lowest BCUT2D eigenvalue weighted by Gasteiger charge is -2.33. The van der Waals surface area contributed by atoms with E-state index in [0.29, 0.717) is 61.1 Å². The molecule has 4 rings (SSSR count). The van der Waals surface area contributed by atoms with Crippen LogP contribution in [0.15, 0.2) is 56.4 Å². The molecule has 1 aliphatic heterocycles. The second kappa shape index (κ2) is 8.10. The summed E-state index contributed by atoms with van der Waals surface area (Å²) in [6.45, 7) is 6.70. The number of piperazine rings is 1. The predicted molar refractivity (Wildman–Crippen MR) is 107 cm³/mol. The van der Waals surface area contributed by atoms with Gasteiger partial charge < -0.3 is 8.83 Å². The van der Waals surface area contributed by atoms with Gasteiger partial charge in [0.15, 0.2) is 5.76 Å². The molecule has 1 aromatic carbocycles. The van der Waals surface area contributed by atoms with Gasteiger partial charge in [0.05, 0.1) is 17.7 Å². The number of benzene rings is 1. The number of rotatable bonds is 6. The first-order valence-electron chi connectivity index (χ1n) is 9.62. The van der Waals surface area contributed by atoms with Crippen LogP contribution in [0.5, 0.6) is 0 Å². The molecule has 29 heavy (non-hydrogen) atoms. The maximum absolute atomic E-state index is 12.9. The lowest BCUT2D eigenvalue weighted by Crippen LogP contribution is -2.48. The molecule has 0 saturated carbocycles. The summed E-state index contributed by atoms with van der Waals surface area (Å²) in [7, 11) is -3.48. The average Bonchev–Trinajstić information content (AvgIpc) is 3.40. The Kier molecular flexibility index (Phi) is 5.53. The first-order chi connectivity index (χ1) is 13.9. The minimum Gasteiger partial charge on any atom is -0.459 e. The van der Waals surface area contributed by atoms with E-state index < -0.39 is 10.0 Å². The summed E-state index contributed by atoms with van der Waals surface area (Å²) in [4.78, 5) is 2.45. The minimum absolute atomic E-state index is 0.343. The fraction of sp³-hybridized carbons (Fsp3) is 0.400. The molecule has 0 amide bonds. The third-order valence-corrected chi connectivity index (χ3v) is 6.99. The quantitative estimate of drug-likeness (QED) is 0.610. The van der Waals surface area contributed by atoms with Crippen molar-refractivity contribution in [1.29, 1.82) is 0 Å². The predicted octanol–water partition coefficient (Wildman–Crippen LogP) is 2.96. The van der Waals surface area contributed by atoms with E-state index in [-0.39, 0.29) is 0 Å². The molecule has 0 unspecified atom stereocenters. The molecule has 154 valence electrons. The molecular formula is C20H24N4O4S. The zero-order valence-corrected chi connectivity index (χ0v) is 17.3. The molecule has 1 saturated heterocycles. The van der Waals surface area contributed by atoms with E-state index in [2.05, 4.69) is 28.9 Å². The van der Waals surface area contributed by atoms with Crippen molar-refractivity contribution in [2.75, 3.05) is 26.2 Å². The number of nitrogens with zero attached hydrogens (tertiary/aromatic N) is 4. The van der Waals surface area contributed by atoms with Gasteiger partial charge in [0.25, 0.3) is 5.89 Å². The van der Waals surface area contributed by atoms with Crippen LogP contribution in [0.25, 0.3) is 11.7 Å². The second-order valence-electron chi connectivity index (χ2n) is 7.38. The average molecular weight is 417 g/mol. The summed E-state index contributed by atoms with van der Waals surface area (Å²) >= 11 is 0. The highest BCUT2D eigenvalue weighted by Gasteiger charge is 2.29. The molecule has 0 aliphatic carbocycles. The molecule has 8 nitrogen and oxygen atoms in total. The minimum atomic E-state index is -3.48. The summed E-state index contributed by atoms with van der Waals surface area (Å²) in [5.41, 5.74) is 1.13. The Bertz CT molecular complexity index is 1030. The highest BCUT2D eigenvalue weighted by Crippen LogP contribution is 2.22. The van der Waals surface area contributed by atoms with Gasteiger partial charge in [0, 0.05) is 26.2 Å². The number of sulfonamides is 1. The van der Waals surface area contributed by atoms with Gasteiger partial charge in [-0.05, 0) is 35.7 Å². The number of furan rings is 1. The molecule has 2 aromatic heterocycles. The maximum Gasteiger partial charge on any atom is 0.283 e. The van der Waals surface area contributed by atoms with E-state index in [9.17, 15) is 8.42 Å². The van der Waals surface area contributed by atoms with Crippen LogP contribution in [0.4, 0.5) is 0 Å². The first-order valence-corrected chi connectivity index (χ1v) is 11.1. The van der Waals surface area contributed by atoms with Gasteiger partial charge in [-0.15, -0.1) is 10.2 Å². The Labute approximate surface area is 170 Å². The molecule has 0 bridgehead atoms. The summed E-state index contributed by atoms with van der Waals surface area (Å²) in [6, 6.07) is 10.7. The SMILES string of the molecule is CC(C)c1ccc(S(=O)(=O)N2CCN(Cc3nnc(-c4ccco4)o3)CC2)cc1. The van der Waals surface area contributed by atoms with Crippen molar-refractivity contribution in [2.24, 2.45) is 0 Å². The van der Waals surface area contributed by atoms with Crippen LogP contribution in [-0.2, 0) is 16.6 Å². The van der Waals surface area contributed by atoms with E-state index in [0.717, 1.165) is 5.56 Å². The fourth-order valence-corrected chi connectivity index (χ4v) is 4.73. The normalized spacial score (nSPS) is 16.5. The highest BCUT2D eigenvalue weighted by molar-refractivity contribution is 7.89. The van der Waals surface area contributed by atoms with Gasteiger partial charge in [-0.2, -0.15) is 4.31 Å². The molecule has 0 atom stereocenters. The van der Waals surface area contributed by atoms with E-state index in [4.69, 9.17) is 8.83 Å². The Morgan fingerprint density at radius 1 is 1.03 bits per heavy atom. The highest BCUT2D eigenvalue weighted by atomic mass is 32.2. The standard InChI is InChI=1S/C20H24N4O4S/c1-15(2)16-5-7-17(8-6-16)29(25,26)24-11-9-23(10-12-24)14-19-21-22-20(28-19)18-4-3-13-27-18/h3-8,13,15H,9-12,14H2,1-2H3. The van der Waals surface area contributed by atoms with Crippen molar-refractivity contribution in [3.05, 3.63) is 54.1 Å². The Balaban J connectivity index is 1.36. The zero-order valence-electron chi connectivity index (χ0n) is 16.5. The van der Waals surface area contributed by atoms with Crippen LogP contribution in [-0.4, -0.2) is 54.0 Å². The van der Waals surface area contributed by atoms with Crippen LogP contribution in [0, 0.1) is 0 Å². The van der Waals surface area contributed by atoms with E-state index in [1.165, 1.54) is 4.31 Å². The van der Waals surface area contributed by atoms with Crippen LogP contribution < -0.4 is 0 Å². The Morgan fingerprint density at radius 3 is 2.38 bits per heavy atom. The van der Waals surface area contributed by atoms with Gasteiger partial charge in [-0.3, -0.25) is 4.90 Å². The molecule has 3 aromatic rings. The fourth-order valence-electron chi connectivity index (χ4n) is 3.31. The number of hydrogen-bond acceptors (Lipinski definition) is 7. The van der Waals surface area contributed by atoms with Crippen molar-refractivity contribution < 1.29 is 17.3 Å². The summed E-state index contributed by atoms with van der Waals surface area (Å²) in [6.07, 6.45) is 1.55. The van der Waals surface area contributed by atoms with Gasteiger partial charge in [0.1, 0.15) is 0 Å². The molecule has 0 N–H and O–H groups in total. The summed E-state index contributed by atoms with van der Waals surface area (Å²) in [5.74, 6) is 1.73. The molecule has 0 radical (unpaired) electrons. The zero-order chi connectivity index (χ0) is 20.4. The monoisotopic (exact) mass is 416 g/mol. The van der Waals surface area contributed by atoms with Crippen molar-refractivity contribution in [3.63, 3.8) is 0 Å². The van der Waals surface area contributed by atoms with E-state index in [1.54, 1.807) is 30.5 Å². The number of aromatic nitrogens is 2. The van der Waals surface area contributed by atoms with Gasteiger partial charge >= 0.3 is 0 Å². The smallest absolute Gasteiger partial charge is 0.283 e. The van der Waals surface area contributed by atoms with E-state index >= 15 is 0 Å². The van der Waals surface area contributed by atoms with Crippen LogP contribution in [0.3, 0.4) is 0 Å². The Morgan fingerprint density at radius 2 is 1.76 bits per heavy atom. The van der Waals surface area contributed by atoms with Crippen LogP contribution in [0.1, 0.15) is 31.2 Å². The summed E-state index contributed by atoms with van der Waals surface area (Å²) < 4.78 is 38.3. The molecule has 1 fully saturated rings. The lowest BCUT2D eigenvalue weighted by molar-refractivity contribution is 0.168. The van der Waals surface area contributed by atoms with E-state index in [1.807, 2.05) is 12.1 Å². The third kappa shape index (κ3) is 4.26. The van der Waals surface area contributed by atoms with Crippen molar-refractivity contribution >= 4 is 10.0 Å². The van der Waals surface area contributed by atoms with Gasteiger partial charge in [-0.1, -0.05) is 26.0 Å². The van der Waals surface area contributed by atoms with Crippen molar-refractivity contribution in [2.45, 2.75) is 31.2 Å².